The highest BCUT2D eigenvalue weighted by atomic mass is 19.4. The topological polar surface area (TPSA) is 80.0 Å². The van der Waals surface area contributed by atoms with Gasteiger partial charge in [0.25, 0.3) is 0 Å². The van der Waals surface area contributed by atoms with Gasteiger partial charge in [-0.2, -0.15) is 13.2 Å². The molecule has 2 aromatic rings. The van der Waals surface area contributed by atoms with Crippen molar-refractivity contribution in [1.82, 2.24) is 14.5 Å². The third-order valence-electron chi connectivity index (χ3n) is 3.44. The van der Waals surface area contributed by atoms with Crippen LogP contribution in [0.5, 0.6) is 0 Å². The van der Waals surface area contributed by atoms with E-state index in [0.717, 1.165) is 16.3 Å². The first kappa shape index (κ1) is 17.9. The summed E-state index contributed by atoms with van der Waals surface area (Å²) < 4.78 is 41.2. The highest BCUT2D eigenvalue weighted by Crippen LogP contribution is 2.40. The second-order valence-electron chi connectivity index (χ2n) is 5.62. The molecule has 0 fully saturated rings. The summed E-state index contributed by atoms with van der Waals surface area (Å²) in [6, 6.07) is 3.29. The molecule has 2 N–H and O–H groups in total. The molecular formula is C15H17F3N4O2. The van der Waals surface area contributed by atoms with Crippen molar-refractivity contribution in [1.29, 1.82) is 0 Å². The minimum Gasteiger partial charge on any atom is -0.374 e. The molecule has 1 amide bonds. The first-order valence-corrected chi connectivity index (χ1v) is 7.05. The van der Waals surface area contributed by atoms with Crippen LogP contribution in [0.1, 0.15) is 23.5 Å². The van der Waals surface area contributed by atoms with Crippen LogP contribution in [0, 0.1) is 13.8 Å². The van der Waals surface area contributed by atoms with Crippen LogP contribution >= 0.6 is 0 Å². The predicted molar refractivity (Wildman–Crippen MR) is 80.1 cm³/mol. The van der Waals surface area contributed by atoms with Gasteiger partial charge in [0.05, 0.1) is 6.42 Å². The zero-order valence-corrected chi connectivity index (χ0v) is 13.3. The van der Waals surface area contributed by atoms with Gasteiger partial charge in [0.1, 0.15) is 5.82 Å². The highest BCUT2D eigenvalue weighted by molar-refractivity contribution is 5.90. The van der Waals surface area contributed by atoms with E-state index in [-0.39, 0.29) is 5.82 Å². The van der Waals surface area contributed by atoms with Crippen LogP contribution in [-0.4, -0.2) is 31.7 Å². The van der Waals surface area contributed by atoms with Gasteiger partial charge in [0.15, 0.2) is 5.82 Å². The Kier molecular flexibility index (Phi) is 4.66. The molecular weight excluding hydrogens is 325 g/mol. The second kappa shape index (κ2) is 6.23. The van der Waals surface area contributed by atoms with E-state index in [2.05, 4.69) is 15.3 Å². The predicted octanol–water partition coefficient (Wildman–Crippen LogP) is 2.21. The molecule has 0 aromatic carbocycles. The number of hydrogen-bond acceptors (Lipinski definition) is 4. The molecule has 0 saturated carbocycles. The summed E-state index contributed by atoms with van der Waals surface area (Å²) in [7, 11) is 1.31. The van der Waals surface area contributed by atoms with Crippen molar-refractivity contribution in [2.24, 2.45) is 7.05 Å². The molecule has 0 radical (unpaired) electrons. The summed E-state index contributed by atoms with van der Waals surface area (Å²) in [5, 5.41) is 12.4. The Morgan fingerprint density at radius 3 is 2.50 bits per heavy atom. The lowest BCUT2D eigenvalue weighted by atomic mass is 9.97. The maximum absolute atomic E-state index is 13.4. The maximum atomic E-state index is 13.4. The number of halogens is 3. The SMILES string of the molecule is Cc1cc(C)nc(NC(=O)CC(O)(c2nccn2C)C(F)(F)F)c1. The summed E-state index contributed by atoms with van der Waals surface area (Å²) in [5.41, 5.74) is -1.98. The third-order valence-corrected chi connectivity index (χ3v) is 3.44. The Morgan fingerprint density at radius 1 is 1.33 bits per heavy atom. The standard InChI is InChI=1S/C15H17F3N4O2/c1-9-6-10(2)20-11(7-9)21-12(23)8-14(24,15(16,17)18)13-19-4-5-22(13)3/h4-7,24H,8H2,1-3H3,(H,20,21,23). The van der Waals surface area contributed by atoms with Gasteiger partial charge in [-0.15, -0.1) is 0 Å². The molecule has 0 aliphatic carbocycles. The molecule has 0 aliphatic heterocycles. The minimum absolute atomic E-state index is 0.127. The number of anilines is 1. The molecule has 130 valence electrons. The number of aliphatic hydroxyl groups is 1. The fourth-order valence-electron chi connectivity index (χ4n) is 2.39. The van der Waals surface area contributed by atoms with E-state index in [1.165, 1.54) is 19.3 Å². The molecule has 2 rings (SSSR count). The summed E-state index contributed by atoms with van der Waals surface area (Å²) in [4.78, 5) is 19.6. The Bertz CT molecular complexity index is 737. The monoisotopic (exact) mass is 342 g/mol. The number of carbonyl (C=O) groups is 1. The van der Waals surface area contributed by atoms with E-state index >= 15 is 0 Å². The van der Waals surface area contributed by atoms with Gasteiger partial charge in [-0.3, -0.25) is 4.79 Å². The molecule has 2 heterocycles. The van der Waals surface area contributed by atoms with E-state index in [1.807, 2.05) is 0 Å². The van der Waals surface area contributed by atoms with Crippen molar-refractivity contribution in [3.05, 3.63) is 41.6 Å². The van der Waals surface area contributed by atoms with Gasteiger partial charge in [0.2, 0.25) is 11.5 Å². The van der Waals surface area contributed by atoms with Crippen LogP contribution in [-0.2, 0) is 17.4 Å². The first-order chi connectivity index (χ1) is 11.0. The van der Waals surface area contributed by atoms with E-state index in [4.69, 9.17) is 0 Å². The van der Waals surface area contributed by atoms with Crippen molar-refractivity contribution < 1.29 is 23.1 Å². The molecule has 1 atom stereocenters. The number of rotatable bonds is 4. The molecule has 1 unspecified atom stereocenters. The molecule has 0 spiro atoms. The number of alkyl halides is 3. The van der Waals surface area contributed by atoms with E-state index < -0.39 is 29.9 Å². The van der Waals surface area contributed by atoms with Gasteiger partial charge in [-0.05, 0) is 31.5 Å². The molecule has 0 bridgehead atoms. The lowest BCUT2D eigenvalue weighted by Gasteiger charge is -2.29. The Morgan fingerprint density at radius 2 is 2.00 bits per heavy atom. The van der Waals surface area contributed by atoms with Crippen LogP contribution < -0.4 is 5.32 Å². The van der Waals surface area contributed by atoms with Gasteiger partial charge in [0, 0.05) is 25.1 Å². The summed E-state index contributed by atoms with van der Waals surface area (Å²) in [6.07, 6.45) is -3.92. The van der Waals surface area contributed by atoms with Crippen molar-refractivity contribution in [3.8, 4) is 0 Å². The quantitative estimate of drug-likeness (QED) is 0.893. The highest BCUT2D eigenvalue weighted by Gasteiger charge is 2.58. The van der Waals surface area contributed by atoms with Crippen LogP contribution in [0.4, 0.5) is 19.0 Å². The number of nitrogens with one attached hydrogen (secondary N) is 1. The fourth-order valence-corrected chi connectivity index (χ4v) is 2.39. The Labute approximate surface area is 136 Å². The smallest absolute Gasteiger partial charge is 0.374 e. The zero-order chi connectivity index (χ0) is 18.1. The number of nitrogens with zero attached hydrogens (tertiary/aromatic N) is 3. The molecule has 9 heteroatoms. The number of imidazole rings is 1. The molecule has 0 saturated heterocycles. The summed E-state index contributed by atoms with van der Waals surface area (Å²) in [5.74, 6) is -1.55. The third kappa shape index (κ3) is 3.56. The van der Waals surface area contributed by atoms with Crippen molar-refractivity contribution in [2.75, 3.05) is 5.32 Å². The van der Waals surface area contributed by atoms with Gasteiger partial charge >= 0.3 is 6.18 Å². The average Bonchev–Trinajstić information content (AvgIpc) is 2.82. The average molecular weight is 342 g/mol. The van der Waals surface area contributed by atoms with Crippen LogP contribution in [0.15, 0.2) is 24.5 Å². The van der Waals surface area contributed by atoms with Gasteiger partial charge in [-0.25, -0.2) is 9.97 Å². The van der Waals surface area contributed by atoms with Gasteiger partial charge < -0.3 is 15.0 Å². The van der Waals surface area contributed by atoms with E-state index in [1.54, 1.807) is 19.9 Å². The minimum atomic E-state index is -5.07. The van der Waals surface area contributed by atoms with E-state index in [9.17, 15) is 23.1 Å². The second-order valence-corrected chi connectivity index (χ2v) is 5.62. The number of amides is 1. The molecule has 6 nitrogen and oxygen atoms in total. The fraction of sp³-hybridized carbons (Fsp3) is 0.400. The number of aromatic nitrogens is 3. The Balaban J connectivity index is 2.27. The van der Waals surface area contributed by atoms with Crippen LogP contribution in [0.3, 0.4) is 0 Å². The maximum Gasteiger partial charge on any atom is 0.425 e. The first-order valence-electron chi connectivity index (χ1n) is 7.05. The molecule has 0 aliphatic rings. The summed E-state index contributed by atoms with van der Waals surface area (Å²) in [6.45, 7) is 3.47. The number of hydrogen-bond donors (Lipinski definition) is 2. The number of pyridine rings is 1. The zero-order valence-electron chi connectivity index (χ0n) is 13.3. The lowest BCUT2D eigenvalue weighted by molar-refractivity contribution is -0.270. The number of aryl methyl sites for hydroxylation is 3. The Hall–Kier alpha value is -2.42. The number of carbonyl (C=O) groups excluding carboxylic acids is 1. The van der Waals surface area contributed by atoms with Gasteiger partial charge in [-0.1, -0.05) is 0 Å². The van der Waals surface area contributed by atoms with Crippen LogP contribution in [0.25, 0.3) is 0 Å². The summed E-state index contributed by atoms with van der Waals surface area (Å²) >= 11 is 0. The van der Waals surface area contributed by atoms with Crippen LogP contribution in [0.2, 0.25) is 0 Å². The van der Waals surface area contributed by atoms with Crippen molar-refractivity contribution in [3.63, 3.8) is 0 Å². The normalized spacial score (nSPS) is 14.3. The molecule has 24 heavy (non-hydrogen) atoms. The largest absolute Gasteiger partial charge is 0.425 e. The lowest BCUT2D eigenvalue weighted by Crippen LogP contribution is -2.46. The van der Waals surface area contributed by atoms with Crippen molar-refractivity contribution in [2.45, 2.75) is 32.0 Å². The van der Waals surface area contributed by atoms with E-state index in [0.29, 0.717) is 5.69 Å². The molecule has 2 aromatic heterocycles. The van der Waals surface area contributed by atoms with Crippen molar-refractivity contribution >= 4 is 11.7 Å².